The predicted molar refractivity (Wildman–Crippen MR) is 115 cm³/mol. The molecule has 1 aliphatic heterocycles. The van der Waals surface area contributed by atoms with Crippen molar-refractivity contribution in [1.29, 1.82) is 0 Å². The largest absolute Gasteiger partial charge is 0.357 e. The number of guanidine groups is 1. The molecule has 1 heterocycles. The molecule has 2 aliphatic rings. The maximum atomic E-state index is 11.9. The molecule has 1 saturated carbocycles. The Labute approximate surface area is 169 Å². The second-order valence-electron chi connectivity index (χ2n) is 7.81. The van der Waals surface area contributed by atoms with Crippen LogP contribution in [0.1, 0.15) is 61.9 Å². The molecule has 3 rings (SSSR count). The van der Waals surface area contributed by atoms with Crippen molar-refractivity contribution in [2.75, 3.05) is 26.2 Å². The molecule has 1 saturated heterocycles. The van der Waals surface area contributed by atoms with Gasteiger partial charge < -0.3 is 16.0 Å². The first-order valence-electron chi connectivity index (χ1n) is 10.9. The normalized spacial score (nSPS) is 21.1. The van der Waals surface area contributed by atoms with E-state index in [4.69, 9.17) is 4.99 Å². The van der Waals surface area contributed by atoms with Crippen LogP contribution in [0.2, 0.25) is 0 Å². The highest BCUT2D eigenvalue weighted by atomic mass is 16.1. The van der Waals surface area contributed by atoms with Crippen molar-refractivity contribution in [2.24, 2.45) is 4.99 Å². The average Bonchev–Trinajstić information content (AvgIpc) is 3.39. The topological polar surface area (TPSA) is 68.8 Å². The van der Waals surface area contributed by atoms with Gasteiger partial charge in [0.05, 0.1) is 6.54 Å². The Hall–Kier alpha value is -2.08. The summed E-state index contributed by atoms with van der Waals surface area (Å²) in [5.74, 6) is 0.856. The van der Waals surface area contributed by atoms with Crippen molar-refractivity contribution < 1.29 is 4.79 Å². The lowest BCUT2D eigenvalue weighted by Gasteiger charge is -2.24. The zero-order valence-corrected chi connectivity index (χ0v) is 17.3. The summed E-state index contributed by atoms with van der Waals surface area (Å²) in [6.45, 7) is 8.43. The fourth-order valence-corrected chi connectivity index (χ4v) is 4.21. The standard InChI is InChI=1S/C22H35N5O/c1-3-23-21(28)18-11-9-17(10-12-18)15-25-22(24-4-2)26-19-13-14-27(16-19)20-7-5-6-8-20/h9-12,19-20H,3-8,13-16H2,1-2H3,(H,23,28)(H2,24,25,26). The molecular weight excluding hydrogens is 350 g/mol. The molecule has 1 atom stereocenters. The highest BCUT2D eigenvalue weighted by Gasteiger charge is 2.30. The Bertz CT molecular complexity index is 651. The Balaban J connectivity index is 1.53. The van der Waals surface area contributed by atoms with Gasteiger partial charge in [0.2, 0.25) is 0 Å². The number of likely N-dealkylation sites (tertiary alicyclic amines) is 1. The lowest BCUT2D eigenvalue weighted by atomic mass is 10.1. The molecule has 0 spiro atoms. The van der Waals surface area contributed by atoms with Gasteiger partial charge in [-0.25, -0.2) is 4.99 Å². The van der Waals surface area contributed by atoms with Crippen LogP contribution in [0.4, 0.5) is 0 Å². The summed E-state index contributed by atoms with van der Waals surface area (Å²) in [5.41, 5.74) is 1.79. The van der Waals surface area contributed by atoms with Crippen molar-refractivity contribution in [3.05, 3.63) is 35.4 Å². The van der Waals surface area contributed by atoms with E-state index in [1.54, 1.807) is 0 Å². The fraction of sp³-hybridized carbons (Fsp3) is 0.636. The van der Waals surface area contributed by atoms with Crippen molar-refractivity contribution in [3.63, 3.8) is 0 Å². The number of aliphatic imine (C=N–C) groups is 1. The van der Waals surface area contributed by atoms with Crippen molar-refractivity contribution in [3.8, 4) is 0 Å². The monoisotopic (exact) mass is 385 g/mol. The Morgan fingerprint density at radius 1 is 1.07 bits per heavy atom. The number of carbonyl (C=O) groups is 1. The summed E-state index contributed by atoms with van der Waals surface area (Å²) in [7, 11) is 0. The van der Waals surface area contributed by atoms with Crippen LogP contribution in [-0.2, 0) is 6.54 Å². The first-order valence-corrected chi connectivity index (χ1v) is 10.9. The van der Waals surface area contributed by atoms with Crippen LogP contribution in [-0.4, -0.2) is 55.0 Å². The second-order valence-corrected chi connectivity index (χ2v) is 7.81. The lowest BCUT2D eigenvalue weighted by Crippen LogP contribution is -2.45. The maximum Gasteiger partial charge on any atom is 0.251 e. The van der Waals surface area contributed by atoms with E-state index in [9.17, 15) is 4.79 Å². The van der Waals surface area contributed by atoms with Crippen LogP contribution in [0.5, 0.6) is 0 Å². The molecule has 1 aliphatic carbocycles. The molecule has 0 radical (unpaired) electrons. The quantitative estimate of drug-likeness (QED) is 0.498. The van der Waals surface area contributed by atoms with Gasteiger partial charge in [0, 0.05) is 43.8 Å². The molecule has 1 amide bonds. The van der Waals surface area contributed by atoms with Gasteiger partial charge in [-0.2, -0.15) is 0 Å². The summed E-state index contributed by atoms with van der Waals surface area (Å²) in [6.07, 6.45) is 6.70. The van der Waals surface area contributed by atoms with Crippen molar-refractivity contribution in [2.45, 2.75) is 64.6 Å². The van der Waals surface area contributed by atoms with E-state index in [2.05, 4.69) is 27.8 Å². The zero-order chi connectivity index (χ0) is 19.8. The van der Waals surface area contributed by atoms with E-state index in [-0.39, 0.29) is 5.91 Å². The first-order chi connectivity index (χ1) is 13.7. The van der Waals surface area contributed by atoms with Gasteiger partial charge in [0.15, 0.2) is 5.96 Å². The fourth-order valence-electron chi connectivity index (χ4n) is 4.21. The maximum absolute atomic E-state index is 11.9. The number of hydrogen-bond acceptors (Lipinski definition) is 3. The van der Waals surface area contributed by atoms with Gasteiger partial charge in [-0.05, 0) is 50.8 Å². The van der Waals surface area contributed by atoms with Gasteiger partial charge >= 0.3 is 0 Å². The number of rotatable bonds is 7. The van der Waals surface area contributed by atoms with E-state index in [0.717, 1.165) is 30.7 Å². The number of hydrogen-bond donors (Lipinski definition) is 3. The van der Waals surface area contributed by atoms with Crippen LogP contribution in [0, 0.1) is 0 Å². The SMILES string of the molecule is CCNC(=O)c1ccc(CN=C(NCC)NC2CCN(C3CCCC3)C2)cc1. The number of benzene rings is 1. The third-order valence-corrected chi connectivity index (χ3v) is 5.72. The van der Waals surface area contributed by atoms with E-state index in [1.807, 2.05) is 31.2 Å². The van der Waals surface area contributed by atoms with E-state index in [1.165, 1.54) is 38.6 Å². The molecule has 1 aromatic carbocycles. The van der Waals surface area contributed by atoms with Crippen molar-refractivity contribution in [1.82, 2.24) is 20.9 Å². The molecule has 3 N–H and O–H groups in total. The predicted octanol–water partition coefficient (Wildman–Crippen LogP) is 2.51. The highest BCUT2D eigenvalue weighted by molar-refractivity contribution is 5.94. The Morgan fingerprint density at radius 3 is 2.46 bits per heavy atom. The third kappa shape index (κ3) is 5.71. The molecule has 1 unspecified atom stereocenters. The van der Waals surface area contributed by atoms with Crippen LogP contribution >= 0.6 is 0 Å². The Kier molecular flexibility index (Phi) is 7.71. The first kappa shape index (κ1) is 20.6. The molecule has 0 bridgehead atoms. The molecule has 154 valence electrons. The highest BCUT2D eigenvalue weighted by Crippen LogP contribution is 2.26. The number of amides is 1. The minimum Gasteiger partial charge on any atom is -0.357 e. The van der Waals surface area contributed by atoms with Crippen LogP contribution < -0.4 is 16.0 Å². The number of nitrogens with one attached hydrogen (secondary N) is 3. The minimum absolute atomic E-state index is 0.0272. The Morgan fingerprint density at radius 2 is 1.79 bits per heavy atom. The summed E-state index contributed by atoms with van der Waals surface area (Å²) in [5, 5.41) is 9.81. The van der Waals surface area contributed by atoms with Gasteiger partial charge in [0.1, 0.15) is 0 Å². The zero-order valence-electron chi connectivity index (χ0n) is 17.3. The molecule has 6 heteroatoms. The van der Waals surface area contributed by atoms with Gasteiger partial charge in [-0.3, -0.25) is 9.69 Å². The second kappa shape index (κ2) is 10.5. The van der Waals surface area contributed by atoms with Gasteiger partial charge in [0.25, 0.3) is 5.91 Å². The third-order valence-electron chi connectivity index (χ3n) is 5.72. The minimum atomic E-state index is -0.0272. The van der Waals surface area contributed by atoms with Crippen LogP contribution in [0.15, 0.2) is 29.3 Å². The molecule has 2 fully saturated rings. The van der Waals surface area contributed by atoms with E-state index in [0.29, 0.717) is 24.7 Å². The van der Waals surface area contributed by atoms with Crippen molar-refractivity contribution >= 4 is 11.9 Å². The molecule has 6 nitrogen and oxygen atoms in total. The van der Waals surface area contributed by atoms with E-state index < -0.39 is 0 Å². The summed E-state index contributed by atoms with van der Waals surface area (Å²) >= 11 is 0. The van der Waals surface area contributed by atoms with Gasteiger partial charge in [-0.1, -0.05) is 25.0 Å². The summed E-state index contributed by atoms with van der Waals surface area (Å²) in [6, 6.07) is 8.97. The number of carbonyl (C=O) groups excluding carboxylic acids is 1. The molecular formula is C22H35N5O. The number of nitrogens with zero attached hydrogens (tertiary/aromatic N) is 2. The van der Waals surface area contributed by atoms with Gasteiger partial charge in [-0.15, -0.1) is 0 Å². The van der Waals surface area contributed by atoms with Crippen LogP contribution in [0.25, 0.3) is 0 Å². The smallest absolute Gasteiger partial charge is 0.251 e. The lowest BCUT2D eigenvalue weighted by molar-refractivity contribution is 0.0956. The molecule has 0 aromatic heterocycles. The summed E-state index contributed by atoms with van der Waals surface area (Å²) in [4.78, 5) is 19.3. The molecule has 28 heavy (non-hydrogen) atoms. The van der Waals surface area contributed by atoms with E-state index >= 15 is 0 Å². The average molecular weight is 386 g/mol. The molecule has 1 aromatic rings. The summed E-state index contributed by atoms with van der Waals surface area (Å²) < 4.78 is 0. The van der Waals surface area contributed by atoms with Crippen LogP contribution in [0.3, 0.4) is 0 Å².